The number of fused-ring (bicyclic) bond motifs is 2. The molecule has 17 heavy (non-hydrogen) atoms. The molecular weight excluding hydrogens is 204 g/mol. The summed E-state index contributed by atoms with van der Waals surface area (Å²) in [5, 5.41) is 2.90. The molecule has 0 nitrogen and oxygen atoms in total. The van der Waals surface area contributed by atoms with Crippen LogP contribution in [0.4, 0.5) is 0 Å². The molecule has 2 aliphatic carbocycles. The molecule has 0 saturated heterocycles. The highest BCUT2D eigenvalue weighted by atomic mass is 14.3. The molecule has 0 atom stereocenters. The first-order valence-corrected chi connectivity index (χ1v) is 6.29. The molecule has 2 aromatic rings. The molecule has 4 rings (SSSR count). The highest BCUT2D eigenvalue weighted by Gasteiger charge is 2.23. The van der Waals surface area contributed by atoms with Crippen molar-refractivity contribution in [2.75, 3.05) is 0 Å². The molecule has 0 unspecified atom stereocenters. The van der Waals surface area contributed by atoms with Crippen LogP contribution in [-0.2, 0) is 0 Å². The Labute approximate surface area is 101 Å². The average Bonchev–Trinajstić information content (AvgIpc) is 2.70. The molecular formula is C17H14. The third-order valence-electron chi connectivity index (χ3n) is 4.04. The molecule has 0 amide bonds. The first kappa shape index (κ1) is 9.23. The summed E-state index contributed by atoms with van der Waals surface area (Å²) in [4.78, 5) is 0. The van der Waals surface area contributed by atoms with Gasteiger partial charge < -0.3 is 0 Å². The van der Waals surface area contributed by atoms with Crippen LogP contribution in [0, 0.1) is 6.92 Å². The lowest BCUT2D eigenvalue weighted by Crippen LogP contribution is -1.87. The second-order valence-electron chi connectivity index (χ2n) is 4.99. The molecule has 82 valence electrons. The summed E-state index contributed by atoms with van der Waals surface area (Å²) in [6, 6.07) is 11.3. The highest BCUT2D eigenvalue weighted by Crippen LogP contribution is 2.46. The highest BCUT2D eigenvalue weighted by molar-refractivity contribution is 6.16. The SMILES string of the molecule is Cc1ccc2c3c(cccc13)C1=C2CCC=C1. The third-order valence-corrected chi connectivity index (χ3v) is 4.04. The summed E-state index contributed by atoms with van der Waals surface area (Å²) >= 11 is 0. The number of hydrogen-bond acceptors (Lipinski definition) is 0. The number of allylic oxidation sites excluding steroid dienone is 4. The fourth-order valence-corrected chi connectivity index (χ4v) is 3.22. The predicted molar refractivity (Wildman–Crippen MR) is 73.9 cm³/mol. The van der Waals surface area contributed by atoms with Gasteiger partial charge in [-0.25, -0.2) is 0 Å². The molecule has 0 heteroatoms. The largest absolute Gasteiger partial charge is 0.0836 e. The summed E-state index contributed by atoms with van der Waals surface area (Å²) in [6.07, 6.45) is 6.99. The van der Waals surface area contributed by atoms with E-state index in [0.29, 0.717) is 0 Å². The Bertz CT molecular complexity index is 699. The number of aryl methyl sites for hydroxylation is 1. The van der Waals surface area contributed by atoms with E-state index >= 15 is 0 Å². The Morgan fingerprint density at radius 3 is 2.88 bits per heavy atom. The van der Waals surface area contributed by atoms with Gasteiger partial charge in [0, 0.05) is 0 Å². The van der Waals surface area contributed by atoms with Gasteiger partial charge in [-0.05, 0) is 58.4 Å². The van der Waals surface area contributed by atoms with E-state index < -0.39 is 0 Å². The predicted octanol–water partition coefficient (Wildman–Crippen LogP) is 4.72. The van der Waals surface area contributed by atoms with Crippen molar-refractivity contribution in [1.29, 1.82) is 0 Å². The standard InChI is InChI=1S/C17H14/c1-11-9-10-16-14-6-3-2-5-13(14)15-8-4-7-12(11)17(15)16/h2,4-5,7-10H,3,6H2,1H3. The van der Waals surface area contributed by atoms with Crippen LogP contribution in [0.5, 0.6) is 0 Å². The Morgan fingerprint density at radius 2 is 1.94 bits per heavy atom. The molecule has 0 aliphatic heterocycles. The smallest absolute Gasteiger partial charge is 0.00271 e. The minimum atomic E-state index is 1.18. The van der Waals surface area contributed by atoms with Gasteiger partial charge in [0.05, 0.1) is 0 Å². The van der Waals surface area contributed by atoms with Crippen LogP contribution in [0.3, 0.4) is 0 Å². The number of hydrogen-bond donors (Lipinski definition) is 0. The van der Waals surface area contributed by atoms with Crippen molar-refractivity contribution < 1.29 is 0 Å². The summed E-state index contributed by atoms with van der Waals surface area (Å²) in [6.45, 7) is 2.20. The maximum Gasteiger partial charge on any atom is -0.00271 e. The molecule has 0 N–H and O–H groups in total. The van der Waals surface area contributed by atoms with Gasteiger partial charge in [-0.1, -0.05) is 42.5 Å². The average molecular weight is 218 g/mol. The van der Waals surface area contributed by atoms with Crippen LogP contribution >= 0.6 is 0 Å². The molecule has 0 saturated carbocycles. The zero-order valence-electron chi connectivity index (χ0n) is 9.96. The monoisotopic (exact) mass is 218 g/mol. The van der Waals surface area contributed by atoms with E-state index in [1.807, 2.05) is 0 Å². The number of rotatable bonds is 0. The molecule has 2 aliphatic rings. The normalized spacial score (nSPS) is 16.8. The lowest BCUT2D eigenvalue weighted by molar-refractivity contribution is 1.06. The fourth-order valence-electron chi connectivity index (χ4n) is 3.22. The number of benzene rings is 2. The van der Waals surface area contributed by atoms with E-state index in [0.717, 1.165) is 0 Å². The zero-order chi connectivity index (χ0) is 11.4. The van der Waals surface area contributed by atoms with Crippen molar-refractivity contribution in [1.82, 2.24) is 0 Å². The minimum absolute atomic E-state index is 1.18. The van der Waals surface area contributed by atoms with Gasteiger partial charge in [0.15, 0.2) is 0 Å². The van der Waals surface area contributed by atoms with Crippen LogP contribution in [0.2, 0.25) is 0 Å². The molecule has 0 fully saturated rings. The van der Waals surface area contributed by atoms with E-state index in [-0.39, 0.29) is 0 Å². The summed E-state index contributed by atoms with van der Waals surface area (Å²) in [5.41, 5.74) is 7.31. The van der Waals surface area contributed by atoms with Crippen molar-refractivity contribution in [2.24, 2.45) is 0 Å². The Kier molecular flexibility index (Phi) is 1.69. The Hall–Kier alpha value is -1.82. The lowest BCUT2D eigenvalue weighted by atomic mass is 9.95. The van der Waals surface area contributed by atoms with Crippen LogP contribution in [-0.4, -0.2) is 0 Å². The van der Waals surface area contributed by atoms with Crippen LogP contribution < -0.4 is 0 Å². The van der Waals surface area contributed by atoms with Gasteiger partial charge in [0.25, 0.3) is 0 Å². The van der Waals surface area contributed by atoms with Crippen LogP contribution in [0.1, 0.15) is 29.5 Å². The third kappa shape index (κ3) is 1.08. The summed E-state index contributed by atoms with van der Waals surface area (Å²) < 4.78 is 0. The van der Waals surface area contributed by atoms with E-state index in [9.17, 15) is 0 Å². The van der Waals surface area contributed by atoms with E-state index in [1.165, 1.54) is 45.9 Å². The van der Waals surface area contributed by atoms with Gasteiger partial charge in [-0.15, -0.1) is 0 Å². The summed E-state index contributed by atoms with van der Waals surface area (Å²) in [5.74, 6) is 0. The van der Waals surface area contributed by atoms with E-state index in [4.69, 9.17) is 0 Å². The second kappa shape index (κ2) is 3.10. The van der Waals surface area contributed by atoms with Gasteiger partial charge in [0.2, 0.25) is 0 Å². The summed E-state index contributed by atoms with van der Waals surface area (Å²) in [7, 11) is 0. The molecule has 0 heterocycles. The minimum Gasteiger partial charge on any atom is -0.0836 e. The Balaban J connectivity index is 2.20. The first-order chi connectivity index (χ1) is 8.36. The van der Waals surface area contributed by atoms with Crippen molar-refractivity contribution >= 4 is 21.9 Å². The maximum atomic E-state index is 2.31. The van der Waals surface area contributed by atoms with Crippen molar-refractivity contribution in [3.05, 3.63) is 59.2 Å². The fraction of sp³-hybridized carbons (Fsp3) is 0.176. The quantitative estimate of drug-likeness (QED) is 0.600. The van der Waals surface area contributed by atoms with Gasteiger partial charge in [0.1, 0.15) is 0 Å². The molecule has 0 spiro atoms. The van der Waals surface area contributed by atoms with Crippen LogP contribution in [0.25, 0.3) is 21.9 Å². The first-order valence-electron chi connectivity index (χ1n) is 6.29. The topological polar surface area (TPSA) is 0 Å². The Morgan fingerprint density at radius 1 is 1.00 bits per heavy atom. The maximum absolute atomic E-state index is 2.31. The van der Waals surface area contributed by atoms with Crippen molar-refractivity contribution in [2.45, 2.75) is 19.8 Å². The second-order valence-corrected chi connectivity index (χ2v) is 4.99. The van der Waals surface area contributed by atoms with Gasteiger partial charge >= 0.3 is 0 Å². The lowest BCUT2D eigenvalue weighted by Gasteiger charge is -2.09. The van der Waals surface area contributed by atoms with E-state index in [2.05, 4.69) is 49.4 Å². The van der Waals surface area contributed by atoms with Crippen molar-refractivity contribution in [3.63, 3.8) is 0 Å². The zero-order valence-corrected chi connectivity index (χ0v) is 9.96. The van der Waals surface area contributed by atoms with Gasteiger partial charge in [-0.2, -0.15) is 0 Å². The molecule has 0 bridgehead atoms. The molecule has 0 radical (unpaired) electrons. The van der Waals surface area contributed by atoms with Gasteiger partial charge in [-0.3, -0.25) is 0 Å². The van der Waals surface area contributed by atoms with Crippen LogP contribution in [0.15, 0.2) is 42.5 Å². The van der Waals surface area contributed by atoms with Crippen molar-refractivity contribution in [3.8, 4) is 0 Å². The van der Waals surface area contributed by atoms with E-state index in [1.54, 1.807) is 5.57 Å². The molecule has 2 aromatic carbocycles. The molecule has 0 aromatic heterocycles.